The minimum Gasteiger partial charge on any atom is -0.360 e. The van der Waals surface area contributed by atoms with Crippen LogP contribution in [0, 0.1) is 5.82 Å². The summed E-state index contributed by atoms with van der Waals surface area (Å²) in [5.41, 5.74) is 1.02. The molecule has 0 unspecified atom stereocenters. The van der Waals surface area contributed by atoms with Gasteiger partial charge in [-0.1, -0.05) is 11.6 Å². The van der Waals surface area contributed by atoms with Crippen molar-refractivity contribution >= 4 is 38.2 Å². The SMILES string of the molecule is CN(c1ccc(F)cc1)S(=O)(=O)c1c[nH]c2cc(Cl)ccc12. The maximum absolute atomic E-state index is 13.0. The van der Waals surface area contributed by atoms with Crippen LogP contribution in [0.2, 0.25) is 5.02 Å². The minimum absolute atomic E-state index is 0.144. The molecule has 0 aliphatic carbocycles. The summed E-state index contributed by atoms with van der Waals surface area (Å²) in [6.45, 7) is 0. The maximum atomic E-state index is 13.0. The van der Waals surface area contributed by atoms with Gasteiger partial charge in [-0.3, -0.25) is 4.31 Å². The summed E-state index contributed by atoms with van der Waals surface area (Å²) in [5, 5.41) is 1.07. The third-order valence-electron chi connectivity index (χ3n) is 3.43. The van der Waals surface area contributed by atoms with Gasteiger partial charge in [-0.2, -0.15) is 0 Å². The van der Waals surface area contributed by atoms with E-state index in [-0.39, 0.29) is 4.90 Å². The molecule has 0 atom stereocenters. The highest BCUT2D eigenvalue weighted by Gasteiger charge is 2.24. The molecule has 114 valence electrons. The van der Waals surface area contributed by atoms with Crippen LogP contribution in [0.4, 0.5) is 10.1 Å². The Labute approximate surface area is 132 Å². The Morgan fingerprint density at radius 2 is 1.82 bits per heavy atom. The average Bonchev–Trinajstić information content (AvgIpc) is 2.91. The smallest absolute Gasteiger partial charge is 0.266 e. The first kappa shape index (κ1) is 14.9. The van der Waals surface area contributed by atoms with Crippen LogP contribution in [-0.4, -0.2) is 20.4 Å². The van der Waals surface area contributed by atoms with Crippen LogP contribution >= 0.6 is 11.6 Å². The summed E-state index contributed by atoms with van der Waals surface area (Å²) < 4.78 is 39.6. The minimum atomic E-state index is -3.76. The molecule has 3 rings (SSSR count). The fourth-order valence-electron chi connectivity index (χ4n) is 2.22. The Kier molecular flexibility index (Phi) is 3.58. The van der Waals surface area contributed by atoms with E-state index in [2.05, 4.69) is 4.98 Å². The van der Waals surface area contributed by atoms with E-state index in [1.54, 1.807) is 18.2 Å². The second-order valence-corrected chi connectivity index (χ2v) is 7.17. The van der Waals surface area contributed by atoms with Crippen LogP contribution in [0.25, 0.3) is 10.9 Å². The lowest BCUT2D eigenvalue weighted by atomic mass is 10.2. The number of fused-ring (bicyclic) bond motifs is 1. The molecule has 0 radical (unpaired) electrons. The number of nitrogens with one attached hydrogen (secondary N) is 1. The quantitative estimate of drug-likeness (QED) is 0.790. The van der Waals surface area contributed by atoms with Crippen LogP contribution < -0.4 is 4.31 Å². The van der Waals surface area contributed by atoms with Crippen LogP contribution in [0.1, 0.15) is 0 Å². The van der Waals surface area contributed by atoms with E-state index in [4.69, 9.17) is 11.6 Å². The van der Waals surface area contributed by atoms with Crippen molar-refractivity contribution in [2.24, 2.45) is 0 Å². The standard InChI is InChI=1S/C15H12ClFN2O2S/c1-19(12-5-3-11(17)4-6-12)22(20,21)15-9-18-14-8-10(16)2-7-13(14)15/h2-9,18H,1H3. The number of halogens is 2. The van der Waals surface area contributed by atoms with Crippen molar-refractivity contribution in [2.75, 3.05) is 11.4 Å². The van der Waals surface area contributed by atoms with E-state index in [1.807, 2.05) is 0 Å². The van der Waals surface area contributed by atoms with Gasteiger partial charge >= 0.3 is 0 Å². The second-order valence-electron chi connectivity index (χ2n) is 4.79. The fraction of sp³-hybridized carbons (Fsp3) is 0.0667. The lowest BCUT2D eigenvalue weighted by Gasteiger charge is -2.19. The van der Waals surface area contributed by atoms with Gasteiger partial charge in [0.15, 0.2) is 0 Å². The molecule has 3 aromatic rings. The predicted octanol–water partition coefficient (Wildman–Crippen LogP) is 3.79. The molecule has 0 bridgehead atoms. The van der Waals surface area contributed by atoms with Crippen LogP contribution in [0.3, 0.4) is 0 Å². The zero-order chi connectivity index (χ0) is 15.9. The molecule has 22 heavy (non-hydrogen) atoms. The summed E-state index contributed by atoms with van der Waals surface area (Å²) in [4.78, 5) is 3.04. The van der Waals surface area contributed by atoms with E-state index in [1.165, 1.54) is 37.5 Å². The zero-order valence-corrected chi connectivity index (χ0v) is 13.1. The van der Waals surface area contributed by atoms with Gasteiger partial charge in [0.1, 0.15) is 10.7 Å². The molecule has 0 saturated carbocycles. The highest BCUT2D eigenvalue weighted by Crippen LogP contribution is 2.29. The van der Waals surface area contributed by atoms with Crippen molar-refractivity contribution in [3.63, 3.8) is 0 Å². The predicted molar refractivity (Wildman–Crippen MR) is 85.3 cm³/mol. The van der Waals surface area contributed by atoms with Gasteiger partial charge in [-0.25, -0.2) is 12.8 Å². The molecule has 1 heterocycles. The molecule has 0 saturated heterocycles. The van der Waals surface area contributed by atoms with Crippen molar-refractivity contribution < 1.29 is 12.8 Å². The van der Waals surface area contributed by atoms with E-state index < -0.39 is 15.8 Å². The highest BCUT2D eigenvalue weighted by atomic mass is 35.5. The molecule has 7 heteroatoms. The molecule has 0 spiro atoms. The van der Waals surface area contributed by atoms with Gasteiger partial charge in [-0.05, 0) is 42.5 Å². The van der Waals surface area contributed by atoms with Gasteiger partial charge < -0.3 is 4.98 Å². The van der Waals surface area contributed by atoms with Crippen LogP contribution in [-0.2, 0) is 10.0 Å². The van der Waals surface area contributed by atoms with E-state index in [0.717, 1.165) is 4.31 Å². The third-order valence-corrected chi connectivity index (χ3v) is 5.50. The summed E-state index contributed by atoms with van der Waals surface area (Å²) in [7, 11) is -2.34. The van der Waals surface area contributed by atoms with Gasteiger partial charge in [0, 0.05) is 29.2 Å². The molecular formula is C15H12ClFN2O2S. The Bertz CT molecular complexity index is 936. The van der Waals surface area contributed by atoms with Crippen molar-refractivity contribution in [1.29, 1.82) is 0 Å². The summed E-state index contributed by atoms with van der Waals surface area (Å²) in [6.07, 6.45) is 1.43. The fourth-order valence-corrected chi connectivity index (χ4v) is 3.75. The first-order valence-corrected chi connectivity index (χ1v) is 8.22. The molecular weight excluding hydrogens is 327 g/mol. The molecule has 1 aromatic heterocycles. The summed E-state index contributed by atoms with van der Waals surface area (Å²) in [5.74, 6) is -0.420. The highest BCUT2D eigenvalue weighted by molar-refractivity contribution is 7.93. The first-order chi connectivity index (χ1) is 10.4. The Balaban J connectivity index is 2.09. The van der Waals surface area contributed by atoms with Crippen LogP contribution in [0.15, 0.2) is 53.6 Å². The molecule has 0 aliphatic heterocycles. The molecule has 1 N–H and O–H groups in total. The number of hydrogen-bond donors (Lipinski definition) is 1. The summed E-state index contributed by atoms with van der Waals surface area (Å²) >= 11 is 5.90. The van der Waals surface area contributed by atoms with Gasteiger partial charge in [0.05, 0.1) is 5.69 Å². The summed E-state index contributed by atoms with van der Waals surface area (Å²) in [6, 6.07) is 10.2. The van der Waals surface area contributed by atoms with Crippen LogP contribution in [0.5, 0.6) is 0 Å². The zero-order valence-electron chi connectivity index (χ0n) is 11.5. The van der Waals surface area contributed by atoms with Gasteiger partial charge in [0.25, 0.3) is 10.0 Å². The Morgan fingerprint density at radius 1 is 1.14 bits per heavy atom. The third kappa shape index (κ3) is 2.44. The Hall–Kier alpha value is -2.05. The average molecular weight is 339 g/mol. The van der Waals surface area contributed by atoms with E-state index in [0.29, 0.717) is 21.6 Å². The van der Waals surface area contributed by atoms with Gasteiger partial charge in [0.2, 0.25) is 0 Å². The van der Waals surface area contributed by atoms with Crippen molar-refractivity contribution in [3.05, 3.63) is 59.5 Å². The van der Waals surface area contributed by atoms with Crippen molar-refractivity contribution in [1.82, 2.24) is 4.98 Å². The van der Waals surface area contributed by atoms with Crippen molar-refractivity contribution in [2.45, 2.75) is 4.90 Å². The number of sulfonamides is 1. The topological polar surface area (TPSA) is 53.2 Å². The van der Waals surface area contributed by atoms with Crippen molar-refractivity contribution in [3.8, 4) is 0 Å². The van der Waals surface area contributed by atoms with E-state index >= 15 is 0 Å². The molecule has 2 aromatic carbocycles. The number of aromatic amines is 1. The number of nitrogens with zero attached hydrogens (tertiary/aromatic N) is 1. The monoisotopic (exact) mass is 338 g/mol. The normalized spacial score (nSPS) is 11.8. The lowest BCUT2D eigenvalue weighted by molar-refractivity contribution is 0.595. The maximum Gasteiger partial charge on any atom is 0.266 e. The lowest BCUT2D eigenvalue weighted by Crippen LogP contribution is -2.26. The molecule has 0 fully saturated rings. The Morgan fingerprint density at radius 3 is 2.50 bits per heavy atom. The van der Waals surface area contributed by atoms with E-state index in [9.17, 15) is 12.8 Å². The molecule has 0 amide bonds. The number of hydrogen-bond acceptors (Lipinski definition) is 2. The molecule has 4 nitrogen and oxygen atoms in total. The van der Waals surface area contributed by atoms with Gasteiger partial charge in [-0.15, -0.1) is 0 Å². The number of rotatable bonds is 3. The second kappa shape index (κ2) is 5.30. The number of H-pyrrole nitrogens is 1. The largest absolute Gasteiger partial charge is 0.360 e. The number of benzene rings is 2. The first-order valence-electron chi connectivity index (χ1n) is 6.41. The molecule has 0 aliphatic rings. The number of aromatic nitrogens is 1. The number of anilines is 1.